The van der Waals surface area contributed by atoms with E-state index < -0.39 is 16.0 Å². The van der Waals surface area contributed by atoms with Gasteiger partial charge in [0.25, 0.3) is 0 Å². The number of hydrogen-bond donors (Lipinski definition) is 0. The maximum Gasteiger partial charge on any atom is 0.333 e. The van der Waals surface area contributed by atoms with Crippen LogP contribution in [0.2, 0.25) is 0 Å². The Morgan fingerprint density at radius 3 is 2.60 bits per heavy atom. The molecule has 1 aliphatic heterocycles. The minimum atomic E-state index is -0.512. The van der Waals surface area contributed by atoms with Crippen LogP contribution in [0.3, 0.4) is 0 Å². The van der Waals surface area contributed by atoms with Crippen LogP contribution in [0.25, 0.3) is 0 Å². The van der Waals surface area contributed by atoms with E-state index in [9.17, 15) is 4.79 Å². The molecule has 3 nitrogen and oxygen atoms in total. The van der Waals surface area contributed by atoms with Gasteiger partial charge >= 0.3 is 5.97 Å². The van der Waals surface area contributed by atoms with Crippen molar-refractivity contribution in [3.05, 3.63) is 12.2 Å². The minimum Gasteiger partial charge on any atom is -0.458 e. The van der Waals surface area contributed by atoms with Crippen LogP contribution in [-0.4, -0.2) is 28.2 Å². The molecule has 0 saturated heterocycles. The van der Waals surface area contributed by atoms with Gasteiger partial charge in [0.1, 0.15) is 5.60 Å². The number of ether oxygens (including phenoxy) is 1. The van der Waals surface area contributed by atoms with Crippen LogP contribution in [0.1, 0.15) is 27.7 Å². The highest BCUT2D eigenvalue weighted by Gasteiger charge is 2.38. The summed E-state index contributed by atoms with van der Waals surface area (Å²) < 4.78 is 4.84. The number of halogens is 1. The third-order valence-electron chi connectivity index (χ3n) is 1.91. The Bertz CT molecular complexity index is 313. The zero-order valence-electron chi connectivity index (χ0n) is 9.45. The molecule has 0 aromatic heterocycles. The lowest BCUT2D eigenvalue weighted by Crippen LogP contribution is -2.42. The van der Waals surface area contributed by atoms with E-state index in [1.165, 1.54) is 0 Å². The first-order chi connectivity index (χ1) is 6.72. The number of alkyl halides is 1. The van der Waals surface area contributed by atoms with E-state index in [-0.39, 0.29) is 5.97 Å². The van der Waals surface area contributed by atoms with Crippen LogP contribution in [0.15, 0.2) is 17.1 Å². The minimum absolute atomic E-state index is 0.303. The molecule has 2 unspecified atom stereocenters. The normalized spacial score (nSPS) is 30.3. The van der Waals surface area contributed by atoms with Crippen molar-refractivity contribution in [3.63, 3.8) is 0 Å². The zero-order chi connectivity index (χ0) is 11.7. The SMILES string of the molecule is CC(C)(C)OC(=O)C1N=CC=CC1(C)Br. The Morgan fingerprint density at radius 2 is 2.13 bits per heavy atom. The topological polar surface area (TPSA) is 38.7 Å². The molecule has 0 spiro atoms. The molecule has 1 aliphatic rings. The molecule has 15 heavy (non-hydrogen) atoms. The molecule has 84 valence electrons. The van der Waals surface area contributed by atoms with Crippen LogP contribution >= 0.6 is 15.9 Å². The summed E-state index contributed by atoms with van der Waals surface area (Å²) in [6.07, 6.45) is 5.34. The van der Waals surface area contributed by atoms with E-state index in [1.54, 1.807) is 6.21 Å². The van der Waals surface area contributed by atoms with Crippen molar-refractivity contribution in [3.8, 4) is 0 Å². The van der Waals surface area contributed by atoms with Crippen molar-refractivity contribution in [1.29, 1.82) is 0 Å². The summed E-state index contributed by atoms with van der Waals surface area (Å²) in [7, 11) is 0. The number of dihydropyridines is 1. The van der Waals surface area contributed by atoms with E-state index in [0.29, 0.717) is 0 Å². The Kier molecular flexibility index (Phi) is 3.38. The van der Waals surface area contributed by atoms with Crippen molar-refractivity contribution in [2.75, 3.05) is 0 Å². The van der Waals surface area contributed by atoms with E-state index in [1.807, 2.05) is 39.8 Å². The number of aliphatic imine (C=N–C) groups is 1. The molecule has 0 saturated carbocycles. The second-order valence-electron chi connectivity index (χ2n) is 4.74. The average Bonchev–Trinajstić information content (AvgIpc) is 1.99. The van der Waals surface area contributed by atoms with Gasteiger partial charge in [-0.25, -0.2) is 4.79 Å². The lowest BCUT2D eigenvalue weighted by molar-refractivity contribution is -0.156. The first kappa shape index (κ1) is 12.4. The molecular formula is C11H16BrNO2. The van der Waals surface area contributed by atoms with Gasteiger partial charge in [0, 0.05) is 6.21 Å². The summed E-state index contributed by atoms with van der Waals surface area (Å²) in [5.74, 6) is -0.303. The predicted octanol–water partition coefficient (Wildman–Crippen LogP) is 2.49. The van der Waals surface area contributed by atoms with Gasteiger partial charge in [0.05, 0.1) is 4.32 Å². The summed E-state index contributed by atoms with van der Waals surface area (Å²) in [4.78, 5) is 16.0. The average molecular weight is 274 g/mol. The highest BCUT2D eigenvalue weighted by molar-refractivity contribution is 9.10. The van der Waals surface area contributed by atoms with Gasteiger partial charge in [-0.05, 0) is 33.8 Å². The number of esters is 1. The summed E-state index contributed by atoms with van der Waals surface area (Å²) in [5, 5.41) is 0. The van der Waals surface area contributed by atoms with E-state index in [0.717, 1.165) is 0 Å². The monoisotopic (exact) mass is 273 g/mol. The van der Waals surface area contributed by atoms with Crippen LogP contribution in [-0.2, 0) is 9.53 Å². The maximum absolute atomic E-state index is 11.8. The molecule has 0 N–H and O–H groups in total. The summed E-state index contributed by atoms with van der Waals surface area (Å²) in [6, 6.07) is -0.512. The fourth-order valence-electron chi connectivity index (χ4n) is 1.25. The van der Waals surface area contributed by atoms with Gasteiger partial charge in [-0.2, -0.15) is 0 Å². The lowest BCUT2D eigenvalue weighted by atomic mass is 9.99. The Hall–Kier alpha value is -0.640. The van der Waals surface area contributed by atoms with Crippen LogP contribution in [0.4, 0.5) is 0 Å². The molecule has 2 atom stereocenters. The number of carbonyl (C=O) groups is 1. The molecule has 0 radical (unpaired) electrons. The van der Waals surface area contributed by atoms with Gasteiger partial charge in [-0.1, -0.05) is 22.0 Å². The van der Waals surface area contributed by atoms with E-state index in [2.05, 4.69) is 20.9 Å². The lowest BCUT2D eigenvalue weighted by Gasteiger charge is -2.29. The van der Waals surface area contributed by atoms with Gasteiger partial charge in [0.2, 0.25) is 0 Å². The van der Waals surface area contributed by atoms with Crippen molar-refractivity contribution in [2.24, 2.45) is 4.99 Å². The highest BCUT2D eigenvalue weighted by atomic mass is 79.9. The third-order valence-corrected chi connectivity index (χ3v) is 2.61. The summed E-state index contributed by atoms with van der Waals surface area (Å²) in [6.45, 7) is 7.44. The first-order valence-electron chi connectivity index (χ1n) is 4.85. The summed E-state index contributed by atoms with van der Waals surface area (Å²) >= 11 is 3.47. The Labute approximate surface area is 98.7 Å². The number of rotatable bonds is 1. The first-order valence-corrected chi connectivity index (χ1v) is 5.64. The predicted molar refractivity (Wildman–Crippen MR) is 64.6 cm³/mol. The molecule has 0 aliphatic carbocycles. The number of allylic oxidation sites excluding steroid dienone is 1. The number of carbonyl (C=O) groups excluding carboxylic acids is 1. The van der Waals surface area contributed by atoms with Gasteiger partial charge < -0.3 is 4.74 Å². The highest BCUT2D eigenvalue weighted by Crippen LogP contribution is 2.29. The summed E-state index contributed by atoms with van der Waals surface area (Å²) in [5.41, 5.74) is -0.475. The maximum atomic E-state index is 11.8. The smallest absolute Gasteiger partial charge is 0.333 e. The van der Waals surface area contributed by atoms with Crippen LogP contribution in [0.5, 0.6) is 0 Å². The fraction of sp³-hybridized carbons (Fsp3) is 0.636. The second-order valence-corrected chi connectivity index (χ2v) is 6.45. The Balaban J connectivity index is 2.76. The molecule has 0 bridgehead atoms. The number of nitrogens with zero attached hydrogens (tertiary/aromatic N) is 1. The van der Waals surface area contributed by atoms with E-state index >= 15 is 0 Å². The number of hydrogen-bond acceptors (Lipinski definition) is 3. The zero-order valence-corrected chi connectivity index (χ0v) is 11.0. The van der Waals surface area contributed by atoms with Crippen molar-refractivity contribution in [1.82, 2.24) is 0 Å². The molecule has 1 rings (SSSR count). The molecule has 0 aromatic rings. The fourth-order valence-corrected chi connectivity index (χ4v) is 1.71. The molecule has 4 heteroatoms. The second kappa shape index (κ2) is 4.08. The van der Waals surface area contributed by atoms with Gasteiger partial charge in [0.15, 0.2) is 6.04 Å². The van der Waals surface area contributed by atoms with Crippen molar-refractivity contribution in [2.45, 2.75) is 43.7 Å². The van der Waals surface area contributed by atoms with Crippen molar-refractivity contribution >= 4 is 28.1 Å². The quantitative estimate of drug-likeness (QED) is 0.544. The van der Waals surface area contributed by atoms with Gasteiger partial charge in [-0.3, -0.25) is 4.99 Å². The molecular weight excluding hydrogens is 258 g/mol. The van der Waals surface area contributed by atoms with Crippen molar-refractivity contribution < 1.29 is 9.53 Å². The van der Waals surface area contributed by atoms with Gasteiger partial charge in [-0.15, -0.1) is 0 Å². The molecule has 1 heterocycles. The van der Waals surface area contributed by atoms with Crippen LogP contribution < -0.4 is 0 Å². The molecule has 0 aromatic carbocycles. The third kappa shape index (κ3) is 3.45. The molecule has 0 amide bonds. The molecule has 0 fully saturated rings. The largest absolute Gasteiger partial charge is 0.458 e. The Morgan fingerprint density at radius 1 is 1.53 bits per heavy atom. The standard InChI is InChI=1S/C11H16BrNO2/c1-10(2,3)15-9(14)8-11(4,12)6-5-7-13-8/h5-8H,1-4H3. The van der Waals surface area contributed by atoms with E-state index in [4.69, 9.17) is 4.74 Å². The van der Waals surface area contributed by atoms with Crippen LogP contribution in [0, 0.1) is 0 Å².